The predicted molar refractivity (Wildman–Crippen MR) is 192 cm³/mol. The standard InChI is InChI=1S/C42H50F2N2O6/c1-38-15-12-28(47)22-40(38)18-19-42(31(23-40)36(48)26-6-11-32(43)33(44)21-26)34(38)13-16-39(2)35(42)14-17-41(39,50)25-46(24-30-5-4-20-52-30)37(49)45-27-7-9-29(51-3)10-8-27/h6-11,18-19,21,23,28,30,34-35,47,50H,4-5,12-17,20,22,24-25H2,1-3H3,(H,45,49). The molecule has 9 atom stereocenters. The van der Waals surface area contributed by atoms with E-state index in [4.69, 9.17) is 9.47 Å². The summed E-state index contributed by atoms with van der Waals surface area (Å²) in [5.41, 5.74) is -2.29. The molecule has 6 aliphatic carbocycles. The molecule has 3 saturated carbocycles. The quantitative estimate of drug-likeness (QED) is 0.194. The zero-order valence-electron chi connectivity index (χ0n) is 30.3. The largest absolute Gasteiger partial charge is 0.497 e. The number of nitrogens with zero attached hydrogens (tertiary/aromatic N) is 1. The van der Waals surface area contributed by atoms with Gasteiger partial charge in [-0.15, -0.1) is 0 Å². The van der Waals surface area contributed by atoms with E-state index >= 15 is 0 Å². The van der Waals surface area contributed by atoms with Gasteiger partial charge in [0.15, 0.2) is 17.4 Å². The fraction of sp³-hybridized carbons (Fsp3) is 0.571. The molecule has 1 saturated heterocycles. The lowest BCUT2D eigenvalue weighted by Crippen LogP contribution is -2.67. The van der Waals surface area contributed by atoms with Crippen LogP contribution in [0.3, 0.4) is 0 Å². The number of anilines is 1. The van der Waals surface area contributed by atoms with E-state index in [0.717, 1.165) is 37.8 Å². The number of aliphatic hydroxyl groups is 2. The molecule has 8 nitrogen and oxygen atoms in total. The Hall–Kier alpha value is -3.60. The lowest BCUT2D eigenvalue weighted by atomic mass is 9.32. The maximum Gasteiger partial charge on any atom is 0.322 e. The minimum Gasteiger partial charge on any atom is -0.497 e. The van der Waals surface area contributed by atoms with Crippen molar-refractivity contribution in [3.8, 4) is 5.75 Å². The molecule has 2 spiro atoms. The molecule has 9 rings (SSSR count). The van der Waals surface area contributed by atoms with Gasteiger partial charge in [0.25, 0.3) is 0 Å². The van der Waals surface area contributed by atoms with Crippen molar-refractivity contribution in [2.24, 2.45) is 33.5 Å². The maximum absolute atomic E-state index is 14.7. The van der Waals surface area contributed by atoms with Gasteiger partial charge in [0, 0.05) is 46.2 Å². The van der Waals surface area contributed by atoms with Gasteiger partial charge in [-0.05, 0) is 118 Å². The summed E-state index contributed by atoms with van der Waals surface area (Å²) in [6.45, 7) is 5.49. The van der Waals surface area contributed by atoms with Crippen LogP contribution in [0.4, 0.5) is 19.3 Å². The number of methoxy groups -OCH3 is 1. The second-order valence-electron chi connectivity index (χ2n) is 16.9. The Kier molecular flexibility index (Phi) is 8.51. The number of nitrogens with one attached hydrogen (secondary N) is 1. The second-order valence-corrected chi connectivity index (χ2v) is 16.9. The molecule has 1 aliphatic heterocycles. The van der Waals surface area contributed by atoms with E-state index < -0.39 is 39.6 Å². The van der Waals surface area contributed by atoms with Crippen LogP contribution in [0.1, 0.15) is 82.0 Å². The lowest BCUT2D eigenvalue weighted by molar-refractivity contribution is -0.175. The summed E-state index contributed by atoms with van der Waals surface area (Å²) in [5.74, 6) is -1.88. The van der Waals surface area contributed by atoms with Crippen molar-refractivity contribution >= 4 is 17.5 Å². The molecule has 7 aliphatic rings. The Balaban J connectivity index is 1.17. The van der Waals surface area contributed by atoms with Gasteiger partial charge in [-0.1, -0.05) is 32.1 Å². The third kappa shape index (κ3) is 5.14. The van der Waals surface area contributed by atoms with Crippen molar-refractivity contribution in [3.63, 3.8) is 0 Å². The number of ketones is 1. The van der Waals surface area contributed by atoms with Crippen molar-refractivity contribution in [1.82, 2.24) is 4.90 Å². The second kappa shape index (κ2) is 12.5. The summed E-state index contributed by atoms with van der Waals surface area (Å²) in [6.07, 6.45) is 12.0. The van der Waals surface area contributed by atoms with Gasteiger partial charge in [-0.2, -0.15) is 0 Å². The first kappa shape index (κ1) is 35.4. The number of carbonyl (C=O) groups excluding carboxylic acids is 2. The summed E-state index contributed by atoms with van der Waals surface area (Å²) in [6, 6.07) is 10.1. The van der Waals surface area contributed by atoms with Crippen LogP contribution in [-0.4, -0.2) is 71.5 Å². The number of halogens is 2. The minimum atomic E-state index is -1.28. The van der Waals surface area contributed by atoms with Crippen molar-refractivity contribution in [2.45, 2.75) is 89.4 Å². The number of hydrogen-bond donors (Lipinski definition) is 3. The molecule has 2 aromatic carbocycles. The molecule has 9 unspecified atom stereocenters. The fourth-order valence-corrected chi connectivity index (χ4v) is 11.8. The SMILES string of the molecule is COc1ccc(NC(=O)N(CC2CCCO2)CC2(O)CCC3C45C=CC6(C=C4C(=O)c4ccc(F)c(F)c4)CC(O)CCC6(C)C5CCC32C)cc1. The summed E-state index contributed by atoms with van der Waals surface area (Å²) >= 11 is 0. The van der Waals surface area contributed by atoms with Crippen LogP contribution in [0, 0.1) is 45.1 Å². The smallest absolute Gasteiger partial charge is 0.322 e. The number of rotatable bonds is 8. The van der Waals surface area contributed by atoms with E-state index in [1.165, 1.54) is 6.07 Å². The van der Waals surface area contributed by atoms with Crippen LogP contribution in [0.15, 0.2) is 66.3 Å². The van der Waals surface area contributed by atoms with E-state index in [-0.39, 0.29) is 47.3 Å². The van der Waals surface area contributed by atoms with E-state index in [9.17, 15) is 28.6 Å². The van der Waals surface area contributed by atoms with Crippen LogP contribution in [0.25, 0.3) is 0 Å². The van der Waals surface area contributed by atoms with Crippen LogP contribution >= 0.6 is 0 Å². The zero-order valence-corrected chi connectivity index (χ0v) is 30.3. The first-order valence-electron chi connectivity index (χ1n) is 18.9. The highest BCUT2D eigenvalue weighted by atomic mass is 19.2. The molecule has 2 aromatic rings. The number of amides is 2. The summed E-state index contributed by atoms with van der Waals surface area (Å²) in [4.78, 5) is 30.4. The van der Waals surface area contributed by atoms with Crippen molar-refractivity contribution in [2.75, 3.05) is 32.1 Å². The predicted octanol–water partition coefficient (Wildman–Crippen LogP) is 7.46. The van der Waals surface area contributed by atoms with Crippen LogP contribution < -0.4 is 10.1 Å². The Morgan fingerprint density at radius 3 is 2.40 bits per heavy atom. The molecular formula is C42H50F2N2O6. The van der Waals surface area contributed by atoms with Crippen molar-refractivity contribution in [1.29, 1.82) is 0 Å². The van der Waals surface area contributed by atoms with E-state index in [1.807, 2.05) is 0 Å². The Labute approximate surface area is 304 Å². The molecule has 2 bridgehead atoms. The summed E-state index contributed by atoms with van der Waals surface area (Å²) < 4.78 is 39.9. The van der Waals surface area contributed by atoms with Crippen molar-refractivity contribution < 1.29 is 38.1 Å². The molecule has 52 heavy (non-hydrogen) atoms. The molecule has 3 N–H and O–H groups in total. The number of allylic oxidation sites excluding steroid dienone is 4. The monoisotopic (exact) mass is 716 g/mol. The molecular weight excluding hydrogens is 666 g/mol. The summed E-state index contributed by atoms with van der Waals surface area (Å²) in [7, 11) is 1.59. The molecule has 4 fully saturated rings. The molecule has 0 aromatic heterocycles. The first-order chi connectivity index (χ1) is 24.8. The number of fused-ring (bicyclic) bond motifs is 1. The fourth-order valence-electron chi connectivity index (χ4n) is 11.8. The number of aliphatic hydroxyl groups excluding tert-OH is 1. The molecule has 0 radical (unpaired) electrons. The maximum atomic E-state index is 14.7. The Bertz CT molecular complexity index is 1830. The highest BCUT2D eigenvalue weighted by Crippen LogP contribution is 2.78. The van der Waals surface area contributed by atoms with E-state index in [2.05, 4.69) is 37.4 Å². The van der Waals surface area contributed by atoms with Crippen molar-refractivity contribution in [3.05, 3.63) is 83.5 Å². The summed E-state index contributed by atoms with van der Waals surface area (Å²) in [5, 5.41) is 27.0. The van der Waals surface area contributed by atoms with Gasteiger partial charge in [-0.25, -0.2) is 13.6 Å². The molecule has 278 valence electrons. The third-order valence-electron chi connectivity index (χ3n) is 14.7. The number of hydrogen-bond acceptors (Lipinski definition) is 6. The van der Waals surface area contributed by atoms with Gasteiger partial charge < -0.3 is 29.9 Å². The average molecular weight is 717 g/mol. The van der Waals surface area contributed by atoms with E-state index in [1.54, 1.807) is 36.3 Å². The highest BCUT2D eigenvalue weighted by molar-refractivity contribution is 6.10. The number of carbonyl (C=O) groups is 2. The Morgan fingerprint density at radius 2 is 1.69 bits per heavy atom. The van der Waals surface area contributed by atoms with E-state index in [0.29, 0.717) is 62.3 Å². The molecule has 10 heteroatoms. The first-order valence-corrected chi connectivity index (χ1v) is 18.9. The molecule has 2 amide bonds. The topological polar surface area (TPSA) is 108 Å². The third-order valence-corrected chi connectivity index (χ3v) is 14.7. The van der Waals surface area contributed by atoms with Gasteiger partial charge >= 0.3 is 6.03 Å². The van der Waals surface area contributed by atoms with Crippen LogP contribution in [0.5, 0.6) is 5.75 Å². The number of ether oxygens (including phenoxy) is 2. The van der Waals surface area contributed by atoms with Gasteiger partial charge in [-0.3, -0.25) is 4.79 Å². The van der Waals surface area contributed by atoms with Crippen LogP contribution in [-0.2, 0) is 4.74 Å². The number of Topliss-reactive ketones (excluding diaryl/α,β-unsaturated/α-hetero) is 1. The van der Waals surface area contributed by atoms with Gasteiger partial charge in [0.2, 0.25) is 0 Å². The normalized spacial score (nSPS) is 38.6. The highest BCUT2D eigenvalue weighted by Gasteiger charge is 2.74. The average Bonchev–Trinajstić information content (AvgIpc) is 3.74. The number of urea groups is 1. The lowest BCUT2D eigenvalue weighted by Gasteiger charge is -2.71. The zero-order chi connectivity index (χ0) is 36.7. The minimum absolute atomic E-state index is 0.0357. The van der Waals surface area contributed by atoms with Gasteiger partial charge in [0.1, 0.15) is 5.75 Å². The van der Waals surface area contributed by atoms with Crippen LogP contribution in [0.2, 0.25) is 0 Å². The number of benzene rings is 2. The Morgan fingerprint density at radius 1 is 0.962 bits per heavy atom. The molecule has 1 heterocycles. The van der Waals surface area contributed by atoms with Gasteiger partial charge in [0.05, 0.1) is 31.5 Å².